The minimum Gasteiger partial charge on any atom is -0.321 e. The molecule has 1 aromatic carbocycles. The summed E-state index contributed by atoms with van der Waals surface area (Å²) in [4.78, 5) is 16.2. The second-order valence-corrected chi connectivity index (χ2v) is 4.22. The highest BCUT2D eigenvalue weighted by atomic mass is 16.1. The normalized spacial score (nSPS) is 9.40. The van der Waals surface area contributed by atoms with Gasteiger partial charge in [-0.25, -0.2) is 0 Å². The first-order valence-corrected chi connectivity index (χ1v) is 7.01. The molecule has 0 saturated carbocycles. The number of carbonyl (C=O) groups excluding carboxylic acids is 1. The zero-order valence-corrected chi connectivity index (χ0v) is 12.6. The number of hydrogen-bond acceptors (Lipinski definition) is 2. The van der Waals surface area contributed by atoms with Gasteiger partial charge in [0.25, 0.3) is 5.91 Å². The minimum absolute atomic E-state index is 0.0835. The maximum absolute atomic E-state index is 12.2. The van der Waals surface area contributed by atoms with Crippen molar-refractivity contribution in [2.75, 3.05) is 5.32 Å². The Hall–Kier alpha value is -2.16. The van der Waals surface area contributed by atoms with Crippen LogP contribution in [0.25, 0.3) is 0 Å². The van der Waals surface area contributed by atoms with E-state index in [9.17, 15) is 4.79 Å². The third-order valence-corrected chi connectivity index (χ3v) is 2.78. The van der Waals surface area contributed by atoms with Crippen LogP contribution in [0.5, 0.6) is 0 Å². The highest BCUT2D eigenvalue weighted by Gasteiger charge is 2.09. The first-order valence-electron chi connectivity index (χ1n) is 7.01. The monoisotopic (exact) mass is 270 g/mol. The van der Waals surface area contributed by atoms with Crippen molar-refractivity contribution < 1.29 is 4.79 Å². The summed E-state index contributed by atoms with van der Waals surface area (Å²) >= 11 is 0. The number of aryl methyl sites for hydroxylation is 2. The summed E-state index contributed by atoms with van der Waals surface area (Å²) in [5.74, 6) is -0.0835. The van der Waals surface area contributed by atoms with Gasteiger partial charge in [-0.15, -0.1) is 0 Å². The number of benzene rings is 1. The molecule has 0 bridgehead atoms. The van der Waals surface area contributed by atoms with Gasteiger partial charge in [0.05, 0.1) is 11.9 Å². The lowest BCUT2D eigenvalue weighted by molar-refractivity contribution is 0.102. The van der Waals surface area contributed by atoms with Crippen LogP contribution in [0.15, 0.2) is 42.7 Å². The molecule has 106 valence electrons. The molecule has 1 N–H and O–H groups in total. The molecule has 0 aliphatic carbocycles. The van der Waals surface area contributed by atoms with Crippen LogP contribution in [0.1, 0.15) is 42.3 Å². The van der Waals surface area contributed by atoms with Crippen LogP contribution in [-0.2, 0) is 6.42 Å². The van der Waals surface area contributed by atoms with E-state index in [0.717, 1.165) is 28.8 Å². The molecule has 1 heterocycles. The van der Waals surface area contributed by atoms with Gasteiger partial charge in [-0.1, -0.05) is 39.0 Å². The molecule has 2 rings (SSSR count). The van der Waals surface area contributed by atoms with E-state index in [-0.39, 0.29) is 5.91 Å². The zero-order valence-electron chi connectivity index (χ0n) is 12.6. The molecule has 0 unspecified atom stereocenters. The lowest BCUT2D eigenvalue weighted by Gasteiger charge is -2.08. The molecule has 0 saturated heterocycles. The Kier molecular flexibility index (Phi) is 6.44. The van der Waals surface area contributed by atoms with Gasteiger partial charge in [0, 0.05) is 11.8 Å². The van der Waals surface area contributed by atoms with Crippen LogP contribution in [0, 0.1) is 6.92 Å². The Balaban J connectivity index is 0.000000956. The van der Waals surface area contributed by atoms with Crippen LogP contribution < -0.4 is 5.32 Å². The first-order chi connectivity index (χ1) is 9.70. The first kappa shape index (κ1) is 15.9. The van der Waals surface area contributed by atoms with Gasteiger partial charge in [0.15, 0.2) is 0 Å². The van der Waals surface area contributed by atoms with Crippen molar-refractivity contribution in [3.05, 3.63) is 59.4 Å². The Morgan fingerprint density at radius 1 is 1.20 bits per heavy atom. The Bertz CT molecular complexity index is 564. The molecule has 1 amide bonds. The molecule has 20 heavy (non-hydrogen) atoms. The summed E-state index contributed by atoms with van der Waals surface area (Å²) in [5.41, 5.74) is 3.53. The number of pyridine rings is 1. The zero-order chi connectivity index (χ0) is 15.0. The van der Waals surface area contributed by atoms with Crippen molar-refractivity contribution in [2.45, 2.75) is 34.1 Å². The predicted octanol–water partition coefficient (Wildman–Crippen LogP) is 4.23. The van der Waals surface area contributed by atoms with Crippen molar-refractivity contribution in [1.82, 2.24) is 4.98 Å². The molecule has 0 spiro atoms. The van der Waals surface area contributed by atoms with Crippen molar-refractivity contribution in [1.29, 1.82) is 0 Å². The Labute approximate surface area is 121 Å². The van der Waals surface area contributed by atoms with Crippen molar-refractivity contribution >= 4 is 11.6 Å². The standard InChI is InChI=1S/C15H16N2O.C2H6/c1-3-12-6-4-5-7-14(12)15(18)17-13-8-11(2)9-16-10-13;1-2/h4-10H,3H2,1-2H3,(H,17,18);1-2H3. The fourth-order valence-corrected chi connectivity index (χ4v) is 1.87. The van der Waals surface area contributed by atoms with Crippen LogP contribution >= 0.6 is 0 Å². The largest absolute Gasteiger partial charge is 0.321 e. The lowest BCUT2D eigenvalue weighted by atomic mass is 10.0. The van der Waals surface area contributed by atoms with Crippen molar-refractivity contribution in [3.8, 4) is 0 Å². The fraction of sp³-hybridized carbons (Fsp3) is 0.294. The van der Waals surface area contributed by atoms with E-state index >= 15 is 0 Å². The van der Waals surface area contributed by atoms with E-state index < -0.39 is 0 Å². The van der Waals surface area contributed by atoms with Gasteiger partial charge in [-0.3, -0.25) is 9.78 Å². The SMILES string of the molecule is CC.CCc1ccccc1C(=O)Nc1cncc(C)c1. The fourth-order valence-electron chi connectivity index (χ4n) is 1.87. The summed E-state index contributed by atoms with van der Waals surface area (Å²) in [6, 6.07) is 9.55. The number of rotatable bonds is 3. The van der Waals surface area contributed by atoms with Gasteiger partial charge < -0.3 is 5.32 Å². The Morgan fingerprint density at radius 3 is 2.55 bits per heavy atom. The van der Waals surface area contributed by atoms with Crippen molar-refractivity contribution in [2.24, 2.45) is 0 Å². The molecular formula is C17H22N2O. The second-order valence-electron chi connectivity index (χ2n) is 4.22. The second kappa shape index (κ2) is 8.10. The Morgan fingerprint density at radius 2 is 1.90 bits per heavy atom. The third kappa shape index (κ3) is 4.19. The molecule has 0 atom stereocenters. The third-order valence-electron chi connectivity index (χ3n) is 2.78. The predicted molar refractivity (Wildman–Crippen MR) is 84.1 cm³/mol. The number of hydrogen-bond donors (Lipinski definition) is 1. The summed E-state index contributed by atoms with van der Waals surface area (Å²) in [6.45, 7) is 7.99. The highest BCUT2D eigenvalue weighted by Crippen LogP contribution is 2.13. The summed E-state index contributed by atoms with van der Waals surface area (Å²) in [5, 5.41) is 2.87. The highest BCUT2D eigenvalue weighted by molar-refractivity contribution is 6.05. The molecule has 0 aliphatic heterocycles. The van der Waals surface area contributed by atoms with E-state index in [4.69, 9.17) is 0 Å². The van der Waals surface area contributed by atoms with Crippen LogP contribution in [0.3, 0.4) is 0 Å². The van der Waals surface area contributed by atoms with E-state index in [0.29, 0.717) is 0 Å². The van der Waals surface area contributed by atoms with E-state index in [1.807, 2.05) is 58.0 Å². The number of aromatic nitrogens is 1. The molecule has 0 fully saturated rings. The minimum atomic E-state index is -0.0835. The van der Waals surface area contributed by atoms with Gasteiger partial charge >= 0.3 is 0 Å². The quantitative estimate of drug-likeness (QED) is 0.906. The van der Waals surface area contributed by atoms with Crippen LogP contribution in [0.2, 0.25) is 0 Å². The molecule has 3 heteroatoms. The molecule has 2 aromatic rings. The number of nitrogens with one attached hydrogen (secondary N) is 1. The van der Waals surface area contributed by atoms with E-state index in [2.05, 4.69) is 10.3 Å². The molecule has 1 aromatic heterocycles. The van der Waals surface area contributed by atoms with E-state index in [1.165, 1.54) is 0 Å². The molecule has 3 nitrogen and oxygen atoms in total. The molecule has 0 radical (unpaired) electrons. The van der Waals surface area contributed by atoms with Gasteiger partial charge in [-0.2, -0.15) is 0 Å². The van der Waals surface area contributed by atoms with Crippen LogP contribution in [0.4, 0.5) is 5.69 Å². The maximum Gasteiger partial charge on any atom is 0.255 e. The number of anilines is 1. The number of carbonyl (C=O) groups is 1. The topological polar surface area (TPSA) is 42.0 Å². The average molecular weight is 270 g/mol. The maximum atomic E-state index is 12.2. The summed E-state index contributed by atoms with van der Waals surface area (Å²) in [6.07, 6.45) is 4.25. The van der Waals surface area contributed by atoms with Gasteiger partial charge in [0.2, 0.25) is 0 Å². The average Bonchev–Trinajstić information content (AvgIpc) is 2.49. The van der Waals surface area contributed by atoms with Gasteiger partial charge in [-0.05, 0) is 36.6 Å². The van der Waals surface area contributed by atoms with Crippen LogP contribution in [-0.4, -0.2) is 10.9 Å². The van der Waals surface area contributed by atoms with Gasteiger partial charge in [0.1, 0.15) is 0 Å². The molecule has 0 aliphatic rings. The van der Waals surface area contributed by atoms with E-state index in [1.54, 1.807) is 12.4 Å². The smallest absolute Gasteiger partial charge is 0.255 e. The van der Waals surface area contributed by atoms with Crippen molar-refractivity contribution in [3.63, 3.8) is 0 Å². The number of amides is 1. The molecular weight excluding hydrogens is 248 g/mol. The lowest BCUT2D eigenvalue weighted by Crippen LogP contribution is -2.14. The summed E-state index contributed by atoms with van der Waals surface area (Å²) in [7, 11) is 0. The number of nitrogens with zero attached hydrogens (tertiary/aromatic N) is 1. The summed E-state index contributed by atoms with van der Waals surface area (Å²) < 4.78 is 0.